The van der Waals surface area contributed by atoms with E-state index in [4.69, 9.17) is 4.42 Å². The summed E-state index contributed by atoms with van der Waals surface area (Å²) in [6.07, 6.45) is 0. The third-order valence-electron chi connectivity index (χ3n) is 14.6. The highest BCUT2D eigenvalue weighted by Crippen LogP contribution is 2.55. The standard InChI is InChI=1S/C63H40O/c1-63(2)56-30-27-37(34-55(56)61-46-21-9-7-18-43(46)44-19-8-14-26-51(44)62(61)63)38-28-31-57-52(33-38)53-36-40(29-32-58(53)64-57)59-47-22-10-12-24-49(47)60(50-25-13-11-23-48(50)59)54-35-39-15-3-4-16-41(39)42-17-5-6-20-45(42)54/h3-36H,1-2H3. The number of furan rings is 1. The van der Waals surface area contributed by atoms with Gasteiger partial charge in [-0.3, -0.25) is 0 Å². The zero-order valence-electron chi connectivity index (χ0n) is 35.5. The molecule has 0 radical (unpaired) electrons. The first-order valence-electron chi connectivity index (χ1n) is 22.4. The second-order valence-electron chi connectivity index (χ2n) is 18.3. The van der Waals surface area contributed by atoms with Crippen LogP contribution in [0.1, 0.15) is 25.0 Å². The molecule has 0 aliphatic heterocycles. The van der Waals surface area contributed by atoms with Gasteiger partial charge in [0, 0.05) is 16.2 Å². The monoisotopic (exact) mass is 812 g/mol. The summed E-state index contributed by atoms with van der Waals surface area (Å²) >= 11 is 0. The van der Waals surface area contributed by atoms with Crippen LogP contribution in [0.3, 0.4) is 0 Å². The number of rotatable bonds is 3. The molecular formula is C63H40O. The Morgan fingerprint density at radius 1 is 0.297 bits per heavy atom. The van der Waals surface area contributed by atoms with Crippen LogP contribution in [0.4, 0.5) is 0 Å². The van der Waals surface area contributed by atoms with Gasteiger partial charge in [-0.15, -0.1) is 0 Å². The summed E-state index contributed by atoms with van der Waals surface area (Å²) < 4.78 is 6.60. The summed E-state index contributed by atoms with van der Waals surface area (Å²) in [5.41, 5.74) is 14.5. The molecule has 12 aromatic carbocycles. The highest BCUT2D eigenvalue weighted by molar-refractivity contribution is 6.26. The Morgan fingerprint density at radius 3 is 1.38 bits per heavy atom. The molecule has 0 unspecified atom stereocenters. The van der Waals surface area contributed by atoms with Gasteiger partial charge in [0.05, 0.1) is 0 Å². The average Bonchev–Trinajstić information content (AvgIpc) is 3.83. The smallest absolute Gasteiger partial charge is 0.135 e. The first kappa shape index (κ1) is 35.6. The lowest BCUT2D eigenvalue weighted by Crippen LogP contribution is -2.15. The van der Waals surface area contributed by atoms with Crippen LogP contribution in [0.2, 0.25) is 0 Å². The number of benzene rings is 12. The average molecular weight is 813 g/mol. The van der Waals surface area contributed by atoms with Crippen molar-refractivity contribution in [3.05, 3.63) is 217 Å². The van der Waals surface area contributed by atoms with Crippen LogP contribution in [0.5, 0.6) is 0 Å². The fraction of sp³-hybridized carbons (Fsp3) is 0.0476. The Kier molecular flexibility index (Phi) is 7.24. The van der Waals surface area contributed by atoms with Gasteiger partial charge in [-0.2, -0.15) is 0 Å². The maximum absolute atomic E-state index is 6.60. The second kappa shape index (κ2) is 13.0. The van der Waals surface area contributed by atoms with E-state index in [1.165, 1.54) is 120 Å². The third kappa shape index (κ3) is 4.84. The summed E-state index contributed by atoms with van der Waals surface area (Å²) in [5, 5.41) is 17.6. The van der Waals surface area contributed by atoms with Crippen molar-refractivity contribution in [1.82, 2.24) is 0 Å². The predicted octanol–water partition coefficient (Wildman–Crippen LogP) is 17.8. The minimum absolute atomic E-state index is 0.135. The van der Waals surface area contributed by atoms with E-state index >= 15 is 0 Å². The van der Waals surface area contributed by atoms with Gasteiger partial charge >= 0.3 is 0 Å². The second-order valence-corrected chi connectivity index (χ2v) is 18.3. The molecule has 298 valence electrons. The Labute approximate surface area is 370 Å². The molecule has 1 aromatic heterocycles. The molecular weight excluding hydrogens is 773 g/mol. The summed E-state index contributed by atoms with van der Waals surface area (Å²) in [6, 6.07) is 76.6. The zero-order chi connectivity index (χ0) is 42.3. The Balaban J connectivity index is 0.963. The van der Waals surface area contributed by atoms with Crippen molar-refractivity contribution in [2.45, 2.75) is 19.3 Å². The predicted molar refractivity (Wildman–Crippen MR) is 273 cm³/mol. The molecule has 0 bridgehead atoms. The van der Waals surface area contributed by atoms with Gasteiger partial charge in [0.2, 0.25) is 0 Å². The summed E-state index contributed by atoms with van der Waals surface area (Å²) in [7, 11) is 0. The summed E-state index contributed by atoms with van der Waals surface area (Å²) in [5.74, 6) is 0. The van der Waals surface area contributed by atoms with E-state index in [1.54, 1.807) is 0 Å². The van der Waals surface area contributed by atoms with Crippen LogP contribution < -0.4 is 0 Å². The maximum Gasteiger partial charge on any atom is 0.135 e. The van der Waals surface area contributed by atoms with Crippen molar-refractivity contribution in [3.8, 4) is 44.5 Å². The van der Waals surface area contributed by atoms with Crippen LogP contribution in [0, 0.1) is 0 Å². The molecule has 1 nitrogen and oxygen atoms in total. The van der Waals surface area contributed by atoms with E-state index < -0.39 is 0 Å². The first-order valence-corrected chi connectivity index (χ1v) is 22.4. The summed E-state index contributed by atoms with van der Waals surface area (Å²) in [6.45, 7) is 4.79. The van der Waals surface area contributed by atoms with E-state index in [-0.39, 0.29) is 5.41 Å². The van der Waals surface area contributed by atoms with Gasteiger partial charge in [-0.05, 0) is 157 Å². The largest absolute Gasteiger partial charge is 0.456 e. The van der Waals surface area contributed by atoms with Gasteiger partial charge in [-0.1, -0.05) is 184 Å². The van der Waals surface area contributed by atoms with Crippen LogP contribution in [-0.2, 0) is 5.41 Å². The quantitative estimate of drug-likeness (QED) is 0.128. The minimum atomic E-state index is -0.135. The van der Waals surface area contributed by atoms with E-state index in [0.717, 1.165) is 21.9 Å². The Hall–Kier alpha value is -8.00. The molecule has 0 amide bonds. The molecule has 0 saturated heterocycles. The van der Waals surface area contributed by atoms with E-state index in [0.29, 0.717) is 0 Å². The topological polar surface area (TPSA) is 13.1 Å². The van der Waals surface area contributed by atoms with Gasteiger partial charge in [0.1, 0.15) is 11.2 Å². The fourth-order valence-electron chi connectivity index (χ4n) is 11.8. The number of fused-ring (bicyclic) bond motifs is 16. The molecule has 1 aliphatic carbocycles. The molecule has 14 rings (SSSR count). The zero-order valence-corrected chi connectivity index (χ0v) is 35.5. The molecule has 1 aliphatic rings. The van der Waals surface area contributed by atoms with Crippen molar-refractivity contribution in [2.24, 2.45) is 0 Å². The van der Waals surface area contributed by atoms with Crippen LogP contribution in [0.15, 0.2) is 211 Å². The molecule has 0 atom stereocenters. The highest BCUT2D eigenvalue weighted by atomic mass is 16.3. The van der Waals surface area contributed by atoms with Crippen LogP contribution in [-0.4, -0.2) is 0 Å². The Bertz CT molecular complexity index is 4100. The van der Waals surface area contributed by atoms with Crippen LogP contribution >= 0.6 is 0 Å². The van der Waals surface area contributed by atoms with Gasteiger partial charge < -0.3 is 4.42 Å². The lowest BCUT2D eigenvalue weighted by atomic mass is 9.79. The van der Waals surface area contributed by atoms with E-state index in [9.17, 15) is 0 Å². The number of hydrogen-bond acceptors (Lipinski definition) is 1. The SMILES string of the molecule is CC1(C)c2ccc(-c3ccc4oc5ccc(-c6c7ccccc7c(-c7cc8ccccc8c8ccccc78)c7ccccc67)cc5c4c3)cc2-c2c1c1ccccc1c1ccccc21. The molecule has 64 heavy (non-hydrogen) atoms. The van der Waals surface area contributed by atoms with Crippen molar-refractivity contribution < 1.29 is 4.42 Å². The van der Waals surface area contributed by atoms with Gasteiger partial charge in [0.25, 0.3) is 0 Å². The molecule has 0 saturated carbocycles. The molecule has 0 N–H and O–H groups in total. The summed E-state index contributed by atoms with van der Waals surface area (Å²) in [4.78, 5) is 0. The molecule has 1 heteroatoms. The Morgan fingerprint density at radius 2 is 0.734 bits per heavy atom. The van der Waals surface area contributed by atoms with E-state index in [2.05, 4.69) is 220 Å². The molecule has 1 heterocycles. The van der Waals surface area contributed by atoms with Gasteiger partial charge in [-0.25, -0.2) is 0 Å². The van der Waals surface area contributed by atoms with Gasteiger partial charge in [0.15, 0.2) is 0 Å². The van der Waals surface area contributed by atoms with Crippen molar-refractivity contribution in [1.29, 1.82) is 0 Å². The lowest BCUT2D eigenvalue weighted by molar-refractivity contribution is 0.666. The molecule has 0 fully saturated rings. The normalized spacial score (nSPS) is 13.3. The number of hydrogen-bond donors (Lipinski definition) is 0. The maximum atomic E-state index is 6.60. The minimum Gasteiger partial charge on any atom is -0.456 e. The van der Waals surface area contributed by atoms with Crippen molar-refractivity contribution >= 4 is 86.6 Å². The molecule has 0 spiro atoms. The van der Waals surface area contributed by atoms with Crippen molar-refractivity contribution in [2.75, 3.05) is 0 Å². The van der Waals surface area contributed by atoms with E-state index in [1.807, 2.05) is 0 Å². The first-order chi connectivity index (χ1) is 31.5. The third-order valence-corrected chi connectivity index (χ3v) is 14.6. The highest BCUT2D eigenvalue weighted by Gasteiger charge is 2.38. The fourth-order valence-corrected chi connectivity index (χ4v) is 11.8. The lowest BCUT2D eigenvalue weighted by Gasteiger charge is -2.24. The molecule has 13 aromatic rings. The van der Waals surface area contributed by atoms with Crippen molar-refractivity contribution in [3.63, 3.8) is 0 Å². The van der Waals surface area contributed by atoms with Crippen LogP contribution in [0.25, 0.3) is 131 Å².